The van der Waals surface area contributed by atoms with E-state index in [1.807, 2.05) is 0 Å². The molecule has 0 aromatic carbocycles. The SMILES string of the molecule is OC[C@@](F)(OC(F)(F)[C@](F)(OC(F)(F)[C@](F)(OC(F)(F)[C@](F)(OC(F)(F)C(F)(F)C(F)(F)F)C(F)(F)F)C(F)(F)F)C(F)(F)F)C(F)(F)F. The van der Waals surface area contributed by atoms with Crippen LogP contribution >= 0.6 is 0 Å². The molecule has 0 amide bonds. The Labute approximate surface area is 244 Å². The van der Waals surface area contributed by atoms with Crippen LogP contribution in [0.3, 0.4) is 0 Å². The quantitative estimate of drug-likeness (QED) is 0.189. The minimum absolute atomic E-state index is 0.845. The van der Waals surface area contributed by atoms with E-state index < -0.39 is 91.3 Å². The molecule has 0 radical (unpaired) electrons. The van der Waals surface area contributed by atoms with Gasteiger partial charge in [0, 0.05) is 0 Å². The summed E-state index contributed by atoms with van der Waals surface area (Å²) in [4.78, 5) is 0. The van der Waals surface area contributed by atoms with Crippen molar-refractivity contribution in [1.29, 1.82) is 0 Å². The maximum atomic E-state index is 14.3. The van der Waals surface area contributed by atoms with Gasteiger partial charge in [-0.2, -0.15) is 127 Å². The van der Waals surface area contributed by atoms with Crippen LogP contribution in [-0.4, -0.2) is 96.4 Å². The van der Waals surface area contributed by atoms with Crippen LogP contribution in [0.2, 0.25) is 0 Å². The van der Waals surface area contributed by atoms with Crippen LogP contribution in [0.25, 0.3) is 0 Å². The molecule has 5 nitrogen and oxygen atoms in total. The van der Waals surface area contributed by atoms with Crippen LogP contribution in [-0.2, 0) is 18.9 Å². The van der Waals surface area contributed by atoms with Crippen LogP contribution in [0.1, 0.15) is 0 Å². The number of rotatable bonds is 13. The van der Waals surface area contributed by atoms with E-state index >= 15 is 0 Å². The first-order valence-electron chi connectivity index (χ1n) is 10.0. The average Bonchev–Trinajstić information content (AvgIpc) is 2.78. The molecule has 0 bridgehead atoms. The maximum absolute atomic E-state index is 14.3. The molecule has 0 unspecified atom stereocenters. The van der Waals surface area contributed by atoms with Crippen LogP contribution < -0.4 is 0 Å². The second-order valence-corrected chi connectivity index (χ2v) is 8.21. The van der Waals surface area contributed by atoms with Gasteiger partial charge in [-0.25, -0.2) is 0 Å². The van der Waals surface area contributed by atoms with Gasteiger partial charge in [-0.15, -0.1) is 0 Å². The molecule has 0 aliphatic heterocycles. The van der Waals surface area contributed by atoms with Gasteiger partial charge >= 0.3 is 84.7 Å². The zero-order valence-electron chi connectivity index (χ0n) is 20.7. The van der Waals surface area contributed by atoms with Crippen molar-refractivity contribution < 1.29 is 151 Å². The highest BCUT2D eigenvalue weighted by Crippen LogP contribution is 2.61. The monoisotopic (exact) mass is 814 g/mol. The first kappa shape index (κ1) is 46.8. The van der Waals surface area contributed by atoms with Crippen LogP contribution in [0.4, 0.5) is 127 Å². The largest absolute Gasteiger partial charge is 0.462 e. The van der Waals surface area contributed by atoms with Crippen molar-refractivity contribution in [3.05, 3.63) is 0 Å². The maximum Gasteiger partial charge on any atom is 0.462 e. The molecule has 0 heterocycles. The number of ether oxygens (including phenoxy) is 4. The number of hydrogen-bond acceptors (Lipinski definition) is 5. The summed E-state index contributed by atoms with van der Waals surface area (Å²) in [5.41, 5.74) is 0. The summed E-state index contributed by atoms with van der Waals surface area (Å²) in [6.45, 7) is -3.78. The van der Waals surface area contributed by atoms with Crippen LogP contribution in [0, 0.1) is 0 Å². The van der Waals surface area contributed by atoms with E-state index in [9.17, 15) is 127 Å². The Morgan fingerprint density at radius 3 is 0.694 bits per heavy atom. The Kier molecular flexibility index (Phi) is 11.6. The second-order valence-electron chi connectivity index (χ2n) is 8.21. The lowest BCUT2D eigenvalue weighted by molar-refractivity contribution is -0.593. The van der Waals surface area contributed by atoms with Crippen molar-refractivity contribution in [2.24, 2.45) is 0 Å². The van der Waals surface area contributed by atoms with Gasteiger partial charge in [-0.05, 0) is 0 Å². The Morgan fingerprint density at radius 2 is 0.510 bits per heavy atom. The molecule has 4 atom stereocenters. The lowest BCUT2D eigenvalue weighted by Crippen LogP contribution is -2.72. The van der Waals surface area contributed by atoms with E-state index in [0.717, 1.165) is 14.2 Å². The Morgan fingerprint density at radius 1 is 0.286 bits per heavy atom. The van der Waals surface area contributed by atoms with Crippen molar-refractivity contribution in [2.45, 2.75) is 84.7 Å². The Hall–Kier alpha value is -2.23. The van der Waals surface area contributed by atoms with Crippen molar-refractivity contribution in [2.75, 3.05) is 6.61 Å². The van der Waals surface area contributed by atoms with Crippen LogP contribution in [0.15, 0.2) is 0 Å². The normalized spacial score (nSPS) is 20.7. The highest BCUT2D eigenvalue weighted by Gasteiger charge is 2.90. The molecule has 0 fully saturated rings. The van der Waals surface area contributed by atoms with Gasteiger partial charge in [-0.1, -0.05) is 0 Å². The molecule has 49 heavy (non-hydrogen) atoms. The summed E-state index contributed by atoms with van der Waals surface area (Å²) >= 11 is 0. The molecule has 0 saturated carbocycles. The molecule has 0 aliphatic rings. The van der Waals surface area contributed by atoms with E-state index in [1.54, 1.807) is 0 Å². The highest BCUT2D eigenvalue weighted by molar-refractivity contribution is 4.99. The first-order chi connectivity index (χ1) is 20.6. The minimum atomic E-state index is -9.19. The number of aliphatic hydroxyl groups is 1. The van der Waals surface area contributed by atoms with Gasteiger partial charge in [0.15, 0.2) is 0 Å². The third-order valence-electron chi connectivity index (χ3n) is 4.66. The van der Waals surface area contributed by atoms with Crippen molar-refractivity contribution in [3.8, 4) is 0 Å². The van der Waals surface area contributed by atoms with Gasteiger partial charge in [-0.3, -0.25) is 18.9 Å². The summed E-state index contributed by atoms with van der Waals surface area (Å²) in [5, 5.41) is 8.11. The van der Waals surface area contributed by atoms with Crippen molar-refractivity contribution >= 4 is 0 Å². The van der Waals surface area contributed by atoms with E-state index in [4.69, 9.17) is 5.11 Å². The fraction of sp³-hybridized carbons (Fsp3) is 1.00. The van der Waals surface area contributed by atoms with Crippen molar-refractivity contribution in [3.63, 3.8) is 0 Å². The number of halogens is 29. The van der Waals surface area contributed by atoms with E-state index in [-0.39, 0.29) is 0 Å². The molecule has 0 aromatic heterocycles. The molecule has 0 aliphatic carbocycles. The zero-order valence-corrected chi connectivity index (χ0v) is 20.7. The molecule has 0 aromatic rings. The molecule has 0 spiro atoms. The lowest BCUT2D eigenvalue weighted by Gasteiger charge is -2.44. The van der Waals surface area contributed by atoms with Gasteiger partial charge in [0.1, 0.15) is 6.61 Å². The predicted molar refractivity (Wildman–Crippen MR) is 81.8 cm³/mol. The summed E-state index contributed by atoms with van der Waals surface area (Å²) < 4.78 is 386. The summed E-state index contributed by atoms with van der Waals surface area (Å²) in [6, 6.07) is 0. The Balaban J connectivity index is 7.61. The van der Waals surface area contributed by atoms with Gasteiger partial charge in [0.05, 0.1) is 0 Å². The smallest absolute Gasteiger partial charge is 0.390 e. The molecule has 0 saturated heterocycles. The summed E-state index contributed by atoms with van der Waals surface area (Å²) in [6.07, 6.45) is -76.7. The first-order valence-corrected chi connectivity index (χ1v) is 10.0. The zero-order chi connectivity index (χ0) is 40.5. The fourth-order valence-corrected chi connectivity index (χ4v) is 2.19. The molecular weight excluding hydrogens is 811 g/mol. The third-order valence-corrected chi connectivity index (χ3v) is 4.66. The van der Waals surface area contributed by atoms with Crippen LogP contribution in [0.5, 0.6) is 0 Å². The topological polar surface area (TPSA) is 57.2 Å². The van der Waals surface area contributed by atoms with Crippen molar-refractivity contribution in [1.82, 2.24) is 0 Å². The number of aliphatic hydroxyl groups excluding tert-OH is 1. The minimum Gasteiger partial charge on any atom is -0.390 e. The molecular formula is C15H3F29O5. The number of alkyl halides is 29. The summed E-state index contributed by atoms with van der Waals surface area (Å²) in [5.74, 6) is -42.2. The predicted octanol–water partition coefficient (Wildman–Crippen LogP) is 8.53. The van der Waals surface area contributed by atoms with Gasteiger partial charge in [0.25, 0.3) is 0 Å². The molecule has 296 valence electrons. The van der Waals surface area contributed by atoms with E-state index in [1.165, 1.54) is 4.74 Å². The standard InChI is InChI=1S/C15H3F29O5/c16-2(1-45,7(22,23)24)46-13(39,40)4(19,9(28,29)30)48-15(43,44)6(21,11(34,35)36)49-14(41,42)5(20,10(31,32)33)47-12(37,38)3(17,18)8(25,26)27/h45H,1H2/t2-,4-,5-,6-/m1/s1. The van der Waals surface area contributed by atoms with Gasteiger partial charge in [0.2, 0.25) is 0 Å². The lowest BCUT2D eigenvalue weighted by atomic mass is 10.2. The third kappa shape index (κ3) is 7.84. The molecule has 34 heteroatoms. The summed E-state index contributed by atoms with van der Waals surface area (Å²) in [7, 11) is 0. The van der Waals surface area contributed by atoms with E-state index in [2.05, 4.69) is 0 Å². The average molecular weight is 814 g/mol. The highest BCUT2D eigenvalue weighted by atomic mass is 19.4. The van der Waals surface area contributed by atoms with Gasteiger partial charge < -0.3 is 5.11 Å². The number of hydrogen-bond donors (Lipinski definition) is 1. The van der Waals surface area contributed by atoms with E-state index in [0.29, 0.717) is 0 Å². The second kappa shape index (κ2) is 12.2. The fourth-order valence-electron chi connectivity index (χ4n) is 2.19. The Bertz CT molecular complexity index is 1150. The molecule has 0 rings (SSSR count). The molecule has 1 N–H and O–H groups in total.